The molecule has 1 unspecified atom stereocenters. The fraction of sp³-hybridized carbons (Fsp3) is 0.133. The molecule has 104 valence electrons. The molecular formula is C15H13BrO3S. The lowest BCUT2D eigenvalue weighted by atomic mass is 10.1. The third-order valence-electron chi connectivity index (χ3n) is 2.87. The van der Waals surface area contributed by atoms with Crippen LogP contribution < -0.4 is 0 Å². The van der Waals surface area contributed by atoms with Gasteiger partial charge in [-0.2, -0.15) is 0 Å². The number of halogens is 1. The van der Waals surface area contributed by atoms with Crippen molar-refractivity contribution in [1.29, 1.82) is 0 Å². The number of rotatable bonds is 4. The molecule has 0 aliphatic rings. The maximum atomic E-state index is 12.3. The molecule has 2 aromatic carbocycles. The van der Waals surface area contributed by atoms with Crippen LogP contribution in [0.5, 0.6) is 0 Å². The first-order chi connectivity index (χ1) is 9.47. The van der Waals surface area contributed by atoms with E-state index in [-0.39, 0.29) is 5.56 Å². The van der Waals surface area contributed by atoms with Crippen molar-refractivity contribution in [1.82, 2.24) is 0 Å². The number of hydrogen-bond acceptors (Lipinski definition) is 2. The molecule has 0 aromatic heterocycles. The molecule has 2 aromatic rings. The molecule has 5 heteroatoms. The van der Waals surface area contributed by atoms with E-state index in [0.717, 1.165) is 16.0 Å². The number of aromatic carboxylic acids is 1. The van der Waals surface area contributed by atoms with E-state index in [2.05, 4.69) is 15.9 Å². The molecule has 0 spiro atoms. The molecule has 20 heavy (non-hydrogen) atoms. The molecule has 0 radical (unpaired) electrons. The number of hydrogen-bond donors (Lipinski definition) is 1. The molecule has 0 heterocycles. The monoisotopic (exact) mass is 352 g/mol. The van der Waals surface area contributed by atoms with E-state index >= 15 is 0 Å². The van der Waals surface area contributed by atoms with Gasteiger partial charge in [-0.15, -0.1) is 0 Å². The van der Waals surface area contributed by atoms with Crippen LogP contribution in [0.4, 0.5) is 0 Å². The van der Waals surface area contributed by atoms with E-state index in [9.17, 15) is 9.00 Å². The van der Waals surface area contributed by atoms with Crippen LogP contribution in [0.3, 0.4) is 0 Å². The minimum Gasteiger partial charge on any atom is -0.478 e. The first-order valence-corrected chi connectivity index (χ1v) is 8.05. The molecular weight excluding hydrogens is 340 g/mol. The summed E-state index contributed by atoms with van der Waals surface area (Å²) in [6.45, 7) is 1.98. The smallest absolute Gasteiger partial charge is 0.335 e. The van der Waals surface area contributed by atoms with Gasteiger partial charge < -0.3 is 5.11 Å². The topological polar surface area (TPSA) is 54.4 Å². The minimum absolute atomic E-state index is 0.210. The fourth-order valence-corrected chi connectivity index (χ4v) is 3.56. The summed E-state index contributed by atoms with van der Waals surface area (Å²) in [6.07, 6.45) is 0. The maximum absolute atomic E-state index is 12.3. The van der Waals surface area contributed by atoms with Gasteiger partial charge in [0.15, 0.2) is 0 Å². The van der Waals surface area contributed by atoms with Gasteiger partial charge in [0.25, 0.3) is 0 Å². The van der Waals surface area contributed by atoms with Crippen molar-refractivity contribution in [2.45, 2.75) is 17.6 Å². The molecule has 0 fully saturated rings. The predicted molar refractivity (Wildman–Crippen MR) is 82.4 cm³/mol. The van der Waals surface area contributed by atoms with Gasteiger partial charge in [0.05, 0.1) is 22.1 Å². The Kier molecular flexibility index (Phi) is 4.73. The van der Waals surface area contributed by atoms with Gasteiger partial charge in [0.2, 0.25) is 0 Å². The number of carboxylic acids is 1. The Balaban J connectivity index is 2.19. The first-order valence-electron chi connectivity index (χ1n) is 5.94. The highest BCUT2D eigenvalue weighted by molar-refractivity contribution is 9.10. The Hall–Kier alpha value is -1.46. The largest absolute Gasteiger partial charge is 0.478 e. The molecule has 1 N–H and O–H groups in total. The minimum atomic E-state index is -1.15. The summed E-state index contributed by atoms with van der Waals surface area (Å²) in [6, 6.07) is 12.3. The standard InChI is InChI=1S/C15H13BrO3S/c1-10-2-6-13(7-3-10)20(19)9-12-5-4-11(15(17)18)8-14(12)16/h2-8H,9H2,1H3,(H,17,18). The van der Waals surface area contributed by atoms with Crippen molar-refractivity contribution >= 4 is 32.7 Å². The molecule has 0 aliphatic carbocycles. The van der Waals surface area contributed by atoms with E-state index in [1.165, 1.54) is 12.1 Å². The highest BCUT2D eigenvalue weighted by Gasteiger charge is 2.10. The average Bonchev–Trinajstić information content (AvgIpc) is 2.41. The Morgan fingerprint density at radius 1 is 1.20 bits per heavy atom. The van der Waals surface area contributed by atoms with E-state index in [1.807, 2.05) is 31.2 Å². The zero-order valence-corrected chi connectivity index (χ0v) is 13.2. The summed E-state index contributed by atoms with van der Waals surface area (Å²) in [5.74, 6) is -0.624. The van der Waals surface area contributed by atoms with Crippen LogP contribution in [0.1, 0.15) is 21.5 Å². The Morgan fingerprint density at radius 3 is 2.40 bits per heavy atom. The highest BCUT2D eigenvalue weighted by atomic mass is 79.9. The van der Waals surface area contributed by atoms with Crippen LogP contribution in [0.25, 0.3) is 0 Å². The van der Waals surface area contributed by atoms with Crippen molar-refractivity contribution in [3.05, 3.63) is 63.6 Å². The highest BCUT2D eigenvalue weighted by Crippen LogP contribution is 2.22. The fourth-order valence-electron chi connectivity index (χ4n) is 1.71. The van der Waals surface area contributed by atoms with Gasteiger partial charge >= 0.3 is 5.97 Å². The zero-order chi connectivity index (χ0) is 14.7. The number of carboxylic acid groups (broad SMARTS) is 1. The summed E-state index contributed by atoms with van der Waals surface area (Å²) in [7, 11) is -1.15. The van der Waals surface area contributed by atoms with Gasteiger partial charge in [-0.05, 0) is 36.8 Å². The van der Waals surface area contributed by atoms with Crippen molar-refractivity contribution in [3.8, 4) is 0 Å². The zero-order valence-electron chi connectivity index (χ0n) is 10.8. The average molecular weight is 353 g/mol. The summed E-state index contributed by atoms with van der Waals surface area (Å²) < 4.78 is 12.9. The van der Waals surface area contributed by atoms with Crippen molar-refractivity contribution < 1.29 is 14.1 Å². The van der Waals surface area contributed by atoms with Crippen LogP contribution in [0.15, 0.2) is 51.8 Å². The van der Waals surface area contributed by atoms with Crippen LogP contribution in [0.2, 0.25) is 0 Å². The van der Waals surface area contributed by atoms with Crippen LogP contribution in [0, 0.1) is 6.92 Å². The van der Waals surface area contributed by atoms with Gasteiger partial charge in [0, 0.05) is 9.37 Å². The van der Waals surface area contributed by atoms with Crippen LogP contribution in [-0.4, -0.2) is 15.3 Å². The van der Waals surface area contributed by atoms with Gasteiger partial charge in [-0.1, -0.05) is 39.7 Å². The van der Waals surface area contributed by atoms with Crippen LogP contribution >= 0.6 is 15.9 Å². The quantitative estimate of drug-likeness (QED) is 0.911. The third kappa shape index (κ3) is 3.55. The van der Waals surface area contributed by atoms with E-state index in [1.54, 1.807) is 6.07 Å². The maximum Gasteiger partial charge on any atom is 0.335 e. The lowest BCUT2D eigenvalue weighted by Gasteiger charge is -2.06. The number of benzene rings is 2. The van der Waals surface area contributed by atoms with E-state index < -0.39 is 16.8 Å². The van der Waals surface area contributed by atoms with Crippen molar-refractivity contribution in [2.75, 3.05) is 0 Å². The molecule has 0 saturated heterocycles. The molecule has 0 bridgehead atoms. The SMILES string of the molecule is Cc1ccc(S(=O)Cc2ccc(C(=O)O)cc2Br)cc1. The second-order valence-corrected chi connectivity index (χ2v) is 6.72. The van der Waals surface area contributed by atoms with Gasteiger partial charge in [-0.3, -0.25) is 4.21 Å². The normalized spacial score (nSPS) is 12.1. The van der Waals surface area contributed by atoms with Gasteiger partial charge in [0.1, 0.15) is 0 Å². The Labute approximate surface area is 128 Å². The third-order valence-corrected chi connectivity index (χ3v) is 4.98. The predicted octanol–water partition coefficient (Wildman–Crippen LogP) is 3.76. The molecule has 1 atom stereocenters. The molecule has 2 rings (SSSR count). The van der Waals surface area contributed by atoms with Gasteiger partial charge in [-0.25, -0.2) is 4.79 Å². The van der Waals surface area contributed by atoms with E-state index in [4.69, 9.17) is 5.11 Å². The van der Waals surface area contributed by atoms with Crippen molar-refractivity contribution in [3.63, 3.8) is 0 Å². The lowest BCUT2D eigenvalue weighted by Crippen LogP contribution is -2.00. The second kappa shape index (κ2) is 6.33. The second-order valence-electron chi connectivity index (χ2n) is 4.41. The summed E-state index contributed by atoms with van der Waals surface area (Å²) >= 11 is 3.33. The van der Waals surface area contributed by atoms with E-state index in [0.29, 0.717) is 10.2 Å². The lowest BCUT2D eigenvalue weighted by molar-refractivity contribution is 0.0697. The molecule has 0 aliphatic heterocycles. The number of aryl methyl sites for hydroxylation is 1. The van der Waals surface area contributed by atoms with Crippen LogP contribution in [-0.2, 0) is 16.6 Å². The first kappa shape index (κ1) is 14.9. The Bertz CT molecular complexity index is 665. The molecule has 0 saturated carbocycles. The molecule has 3 nitrogen and oxygen atoms in total. The Morgan fingerprint density at radius 2 is 1.85 bits per heavy atom. The number of carbonyl (C=O) groups is 1. The summed E-state index contributed by atoms with van der Waals surface area (Å²) in [4.78, 5) is 11.6. The summed E-state index contributed by atoms with van der Waals surface area (Å²) in [5.41, 5.74) is 2.16. The summed E-state index contributed by atoms with van der Waals surface area (Å²) in [5, 5.41) is 8.91. The molecule has 0 amide bonds. The van der Waals surface area contributed by atoms with Crippen molar-refractivity contribution in [2.24, 2.45) is 0 Å².